The monoisotopic (exact) mass is 385 g/mol. The summed E-state index contributed by atoms with van der Waals surface area (Å²) in [5.41, 5.74) is 3.26. The number of esters is 1. The van der Waals surface area contributed by atoms with Crippen LogP contribution in [0.3, 0.4) is 0 Å². The van der Waals surface area contributed by atoms with Crippen LogP contribution in [0.1, 0.15) is 50.8 Å². The molecule has 0 radical (unpaired) electrons. The lowest BCUT2D eigenvalue weighted by Crippen LogP contribution is -2.49. The fourth-order valence-corrected chi connectivity index (χ4v) is 3.83. The van der Waals surface area contributed by atoms with Gasteiger partial charge in [0.25, 0.3) is 0 Å². The largest absolute Gasteiger partial charge is 0.463 e. The first kappa shape index (κ1) is 20.4. The van der Waals surface area contributed by atoms with Crippen LogP contribution in [0.5, 0.6) is 0 Å². The first-order valence-electron chi connectivity index (χ1n) is 10.3. The van der Waals surface area contributed by atoms with Crippen LogP contribution in [-0.4, -0.2) is 43.1 Å². The van der Waals surface area contributed by atoms with Crippen molar-refractivity contribution in [2.24, 2.45) is 5.92 Å². The van der Waals surface area contributed by atoms with Crippen LogP contribution in [0.4, 0.5) is 4.79 Å². The number of carbonyl (C=O) groups excluding carboxylic acids is 2. The van der Waals surface area contributed by atoms with Crippen LogP contribution < -0.4 is 10.6 Å². The summed E-state index contributed by atoms with van der Waals surface area (Å²) in [4.78, 5) is 27.5. The number of rotatable bonds is 6. The number of benzene rings is 1. The van der Waals surface area contributed by atoms with Gasteiger partial charge in [-0.15, -0.1) is 0 Å². The molecule has 6 heteroatoms. The molecule has 6 nitrogen and oxygen atoms in total. The number of urea groups is 1. The zero-order valence-corrected chi connectivity index (χ0v) is 17.1. The van der Waals surface area contributed by atoms with Gasteiger partial charge in [0, 0.05) is 12.2 Å². The predicted octanol–water partition coefficient (Wildman–Crippen LogP) is 3.15. The van der Waals surface area contributed by atoms with Crippen molar-refractivity contribution in [3.8, 4) is 0 Å². The summed E-state index contributed by atoms with van der Waals surface area (Å²) in [5, 5.41) is 5.78. The number of nitrogens with one attached hydrogen (secondary N) is 2. The number of aryl methyl sites for hydroxylation is 1. The molecule has 28 heavy (non-hydrogen) atoms. The van der Waals surface area contributed by atoms with Gasteiger partial charge < -0.3 is 15.4 Å². The van der Waals surface area contributed by atoms with Gasteiger partial charge in [-0.3, -0.25) is 4.90 Å². The van der Waals surface area contributed by atoms with E-state index in [0.29, 0.717) is 24.4 Å². The zero-order chi connectivity index (χ0) is 20.1. The molecule has 2 aliphatic heterocycles. The highest BCUT2D eigenvalue weighted by Gasteiger charge is 2.34. The summed E-state index contributed by atoms with van der Waals surface area (Å²) in [6, 6.07) is 7.26. The number of carbonyl (C=O) groups is 2. The summed E-state index contributed by atoms with van der Waals surface area (Å²) in [7, 11) is 0. The molecular weight excluding hydrogens is 354 g/mol. The van der Waals surface area contributed by atoms with Crippen LogP contribution in [0.25, 0.3) is 0 Å². The molecule has 1 fully saturated rings. The standard InChI is InChI=1S/C22H31N3O3/c1-4-16-6-8-17(9-7-16)20-19(21(26)28-5-2)18(23-22(27)24-20)14-25-12-10-15(3)11-13-25/h6-9,15,20H,4-5,10-14H2,1-3H3,(H2,23,24,27)/t20-/m0/s1. The van der Waals surface area contributed by atoms with E-state index in [1.165, 1.54) is 5.56 Å². The minimum absolute atomic E-state index is 0.280. The van der Waals surface area contributed by atoms with Crippen molar-refractivity contribution >= 4 is 12.0 Å². The Morgan fingerprint density at radius 1 is 1.18 bits per heavy atom. The van der Waals surface area contributed by atoms with E-state index in [9.17, 15) is 9.59 Å². The van der Waals surface area contributed by atoms with Crippen LogP contribution in [0, 0.1) is 5.92 Å². The van der Waals surface area contributed by atoms with Crippen LogP contribution in [0.2, 0.25) is 0 Å². The third kappa shape index (κ3) is 4.73. The Kier molecular flexibility index (Phi) is 6.73. The van der Waals surface area contributed by atoms with Crippen molar-refractivity contribution in [2.45, 2.75) is 46.1 Å². The Labute approximate surface area is 167 Å². The second-order valence-corrected chi connectivity index (χ2v) is 7.70. The number of hydrogen-bond donors (Lipinski definition) is 2. The van der Waals surface area contributed by atoms with Crippen LogP contribution in [-0.2, 0) is 16.0 Å². The molecule has 3 rings (SSSR count). The number of ether oxygens (including phenoxy) is 1. The molecule has 152 valence electrons. The molecule has 0 spiro atoms. The molecule has 0 aromatic heterocycles. The number of amides is 2. The average Bonchev–Trinajstić information content (AvgIpc) is 2.69. The van der Waals surface area contributed by atoms with E-state index in [-0.39, 0.29) is 12.0 Å². The Hall–Kier alpha value is -2.34. The van der Waals surface area contributed by atoms with E-state index >= 15 is 0 Å². The topological polar surface area (TPSA) is 70.7 Å². The van der Waals surface area contributed by atoms with E-state index in [1.807, 2.05) is 24.3 Å². The molecular formula is C22H31N3O3. The third-order valence-corrected chi connectivity index (χ3v) is 5.63. The van der Waals surface area contributed by atoms with Crippen molar-refractivity contribution in [2.75, 3.05) is 26.2 Å². The zero-order valence-electron chi connectivity index (χ0n) is 17.1. The minimum atomic E-state index is -0.502. The molecule has 2 N–H and O–H groups in total. The fourth-order valence-electron chi connectivity index (χ4n) is 3.83. The van der Waals surface area contributed by atoms with Gasteiger partial charge in [0.2, 0.25) is 0 Å². The summed E-state index contributed by atoms with van der Waals surface area (Å²) >= 11 is 0. The second-order valence-electron chi connectivity index (χ2n) is 7.70. The highest BCUT2D eigenvalue weighted by molar-refractivity contribution is 5.95. The quantitative estimate of drug-likeness (QED) is 0.738. The smallest absolute Gasteiger partial charge is 0.338 e. The fraction of sp³-hybridized carbons (Fsp3) is 0.545. The average molecular weight is 386 g/mol. The molecule has 0 aliphatic carbocycles. The predicted molar refractivity (Wildman–Crippen MR) is 109 cm³/mol. The van der Waals surface area contributed by atoms with Crippen LogP contribution in [0.15, 0.2) is 35.5 Å². The Bertz CT molecular complexity index is 734. The van der Waals surface area contributed by atoms with Crippen molar-refractivity contribution in [3.05, 3.63) is 46.7 Å². The minimum Gasteiger partial charge on any atom is -0.463 e. The van der Waals surface area contributed by atoms with E-state index in [4.69, 9.17) is 4.74 Å². The maximum atomic E-state index is 12.8. The molecule has 2 aliphatic rings. The van der Waals surface area contributed by atoms with E-state index < -0.39 is 6.04 Å². The molecule has 2 heterocycles. The second kappa shape index (κ2) is 9.24. The lowest BCUT2D eigenvalue weighted by molar-refractivity contribution is -0.139. The number of likely N-dealkylation sites (tertiary alicyclic amines) is 1. The molecule has 1 saturated heterocycles. The number of nitrogens with zero attached hydrogens (tertiary/aromatic N) is 1. The summed E-state index contributed by atoms with van der Waals surface area (Å²) in [6.45, 7) is 8.96. The van der Waals surface area contributed by atoms with Crippen LogP contribution >= 0.6 is 0 Å². The lowest BCUT2D eigenvalue weighted by atomic mass is 9.93. The number of hydrogen-bond acceptors (Lipinski definition) is 4. The lowest BCUT2D eigenvalue weighted by Gasteiger charge is -2.34. The SMILES string of the molecule is CCOC(=O)C1=C(CN2CCC(C)CC2)NC(=O)N[C@H]1c1ccc(CC)cc1. The van der Waals surface area contributed by atoms with Crippen molar-refractivity contribution in [1.29, 1.82) is 0 Å². The first-order chi connectivity index (χ1) is 13.5. The maximum Gasteiger partial charge on any atom is 0.338 e. The molecule has 1 aromatic carbocycles. The van der Waals surface area contributed by atoms with Crippen molar-refractivity contribution < 1.29 is 14.3 Å². The summed E-state index contributed by atoms with van der Waals surface area (Å²) in [6.07, 6.45) is 3.21. The molecule has 1 aromatic rings. The van der Waals surface area contributed by atoms with Gasteiger partial charge >= 0.3 is 12.0 Å². The first-order valence-corrected chi connectivity index (χ1v) is 10.3. The van der Waals surface area contributed by atoms with Gasteiger partial charge in [-0.2, -0.15) is 0 Å². The Morgan fingerprint density at radius 3 is 2.46 bits per heavy atom. The Balaban J connectivity index is 1.93. The van der Waals surface area contributed by atoms with Gasteiger partial charge in [0.05, 0.1) is 18.2 Å². The van der Waals surface area contributed by atoms with Crippen molar-refractivity contribution in [3.63, 3.8) is 0 Å². The molecule has 0 unspecified atom stereocenters. The van der Waals surface area contributed by atoms with Gasteiger partial charge in [0.1, 0.15) is 0 Å². The molecule has 0 saturated carbocycles. The number of piperidine rings is 1. The van der Waals surface area contributed by atoms with Gasteiger partial charge in [-0.1, -0.05) is 38.1 Å². The molecule has 2 amide bonds. The van der Waals surface area contributed by atoms with E-state index in [2.05, 4.69) is 29.4 Å². The normalized spacial score (nSPS) is 21.2. The highest BCUT2D eigenvalue weighted by Crippen LogP contribution is 2.29. The van der Waals surface area contributed by atoms with E-state index in [0.717, 1.165) is 43.8 Å². The Morgan fingerprint density at radius 2 is 1.86 bits per heavy atom. The van der Waals surface area contributed by atoms with Crippen molar-refractivity contribution in [1.82, 2.24) is 15.5 Å². The van der Waals surface area contributed by atoms with Gasteiger partial charge in [-0.25, -0.2) is 9.59 Å². The van der Waals surface area contributed by atoms with Gasteiger partial charge in [0.15, 0.2) is 0 Å². The molecule has 1 atom stereocenters. The highest BCUT2D eigenvalue weighted by atomic mass is 16.5. The molecule has 0 bridgehead atoms. The van der Waals surface area contributed by atoms with Gasteiger partial charge in [-0.05, 0) is 56.3 Å². The maximum absolute atomic E-state index is 12.8. The summed E-state index contributed by atoms with van der Waals surface area (Å²) < 4.78 is 5.34. The summed E-state index contributed by atoms with van der Waals surface area (Å²) in [5.74, 6) is 0.349. The van der Waals surface area contributed by atoms with E-state index in [1.54, 1.807) is 6.92 Å². The third-order valence-electron chi connectivity index (χ3n) is 5.63.